The van der Waals surface area contributed by atoms with Crippen LogP contribution >= 0.6 is 0 Å². The topological polar surface area (TPSA) is 179 Å². The van der Waals surface area contributed by atoms with Crippen molar-refractivity contribution in [1.82, 2.24) is 15.5 Å². The molecule has 0 aromatic heterocycles. The van der Waals surface area contributed by atoms with Crippen molar-refractivity contribution in [3.05, 3.63) is 102 Å². The van der Waals surface area contributed by atoms with Crippen LogP contribution in [0.4, 0.5) is 4.79 Å². The number of benzene rings is 3. The Morgan fingerprint density at radius 1 is 0.867 bits per heavy atom. The molecule has 0 heterocycles. The zero-order chi connectivity index (χ0) is 33.4. The Bertz CT molecular complexity index is 1560. The lowest BCUT2D eigenvalue weighted by Crippen LogP contribution is -2.58. The molecule has 3 aromatic carbocycles. The van der Waals surface area contributed by atoms with Gasteiger partial charge in [0.1, 0.15) is 6.04 Å². The van der Waals surface area contributed by atoms with Crippen molar-refractivity contribution in [1.29, 1.82) is 0 Å². The first-order valence-corrected chi connectivity index (χ1v) is 16.1. The van der Waals surface area contributed by atoms with Gasteiger partial charge in [0.05, 0.1) is 17.0 Å². The average Bonchev–Trinajstić information content (AvgIpc) is 2.96. The molecule has 0 saturated carbocycles. The molecule has 0 bridgehead atoms. The van der Waals surface area contributed by atoms with E-state index in [1.165, 1.54) is 31.3 Å². The first-order chi connectivity index (χ1) is 21.1. The number of carbonyl (C=O) groups is 3. The van der Waals surface area contributed by atoms with E-state index in [0.29, 0.717) is 6.42 Å². The lowest BCUT2D eigenvalue weighted by Gasteiger charge is -2.37. The summed E-state index contributed by atoms with van der Waals surface area (Å²) < 4.78 is 23.7. The second-order valence-corrected chi connectivity index (χ2v) is 13.8. The van der Waals surface area contributed by atoms with Crippen LogP contribution in [0.2, 0.25) is 0 Å². The van der Waals surface area contributed by atoms with Crippen LogP contribution in [0.25, 0.3) is 0 Å². The van der Waals surface area contributed by atoms with Gasteiger partial charge in [-0.1, -0.05) is 87.5 Å². The van der Waals surface area contributed by atoms with E-state index in [2.05, 4.69) is 10.6 Å². The van der Waals surface area contributed by atoms with Crippen molar-refractivity contribution in [2.24, 2.45) is 10.6 Å². The molecule has 3 aromatic rings. The van der Waals surface area contributed by atoms with E-state index < -0.39 is 57.6 Å². The predicted octanol–water partition coefficient (Wildman–Crippen LogP) is 3.18. The molecule has 0 unspecified atom stereocenters. The molecule has 11 nitrogen and oxygen atoms in total. The van der Waals surface area contributed by atoms with Gasteiger partial charge in [-0.2, -0.15) is 0 Å². The average molecular weight is 639 g/mol. The number of carboxylic acid groups (broad SMARTS) is 1. The molecule has 12 heteroatoms. The Hall–Kier alpha value is -4.26. The third-order valence-corrected chi connectivity index (χ3v) is 8.37. The minimum absolute atomic E-state index is 0.0161. The normalized spacial score (nSPS) is 14.4. The van der Waals surface area contributed by atoms with Crippen molar-refractivity contribution in [3.8, 4) is 0 Å². The molecular formula is C33H42N4O7S. The van der Waals surface area contributed by atoms with Gasteiger partial charge in [0.15, 0.2) is 0 Å². The number of hydrogen-bond donors (Lipinski definition) is 5. The summed E-state index contributed by atoms with van der Waals surface area (Å²) >= 11 is 0. The van der Waals surface area contributed by atoms with E-state index in [9.17, 15) is 33.0 Å². The highest BCUT2D eigenvalue weighted by Gasteiger charge is 2.39. The van der Waals surface area contributed by atoms with Gasteiger partial charge in [-0.15, -0.1) is 0 Å². The van der Waals surface area contributed by atoms with Crippen LogP contribution in [-0.2, 0) is 27.7 Å². The fraction of sp³-hybridized carbons (Fsp3) is 0.364. The maximum atomic E-state index is 13.6. The van der Waals surface area contributed by atoms with Crippen molar-refractivity contribution >= 4 is 27.9 Å². The smallest absolute Gasteiger partial charge is 0.407 e. The second kappa shape index (κ2) is 15.2. The van der Waals surface area contributed by atoms with Crippen LogP contribution in [0.1, 0.15) is 48.7 Å². The summed E-state index contributed by atoms with van der Waals surface area (Å²) in [6, 6.07) is 21.4. The molecule has 4 atom stereocenters. The Morgan fingerprint density at radius 2 is 1.42 bits per heavy atom. The third kappa shape index (κ3) is 10.4. The molecule has 0 saturated heterocycles. The quantitative estimate of drug-likeness (QED) is 0.191. The highest BCUT2D eigenvalue weighted by atomic mass is 32.2. The largest absolute Gasteiger partial charge is 0.465 e. The van der Waals surface area contributed by atoms with Crippen molar-refractivity contribution in [3.63, 3.8) is 0 Å². The van der Waals surface area contributed by atoms with E-state index in [1.54, 1.807) is 20.8 Å². The molecule has 45 heavy (non-hydrogen) atoms. The van der Waals surface area contributed by atoms with Crippen LogP contribution in [0.3, 0.4) is 0 Å². The summed E-state index contributed by atoms with van der Waals surface area (Å²) in [5.74, 6) is -1.12. The minimum atomic E-state index is -4.04. The predicted molar refractivity (Wildman–Crippen MR) is 171 cm³/mol. The number of nitrogens with zero attached hydrogens (tertiary/aromatic N) is 1. The first-order valence-electron chi connectivity index (χ1n) is 14.5. The van der Waals surface area contributed by atoms with E-state index in [1.807, 2.05) is 60.7 Å². The van der Waals surface area contributed by atoms with Crippen molar-refractivity contribution in [2.75, 3.05) is 7.05 Å². The standard InChI is InChI=1S/C33H42N4O7S/c1-33(2,3)29(37(4)32(41)42)31(40)36-27(19-23-14-9-6-10-15-23)28(38)21-25(18-22-12-7-5-8-13-22)35-30(39)24-16-11-17-26(20-24)45(34,43)44/h5-17,20,25,27-29,38H,18-19,21H2,1-4H3,(H,35,39)(H,36,40)(H,41,42)(H2,34,43,44)/t25-,27-,28+,29+/m0/s1. The van der Waals surface area contributed by atoms with Gasteiger partial charge in [0.2, 0.25) is 15.9 Å². The van der Waals surface area contributed by atoms with Gasteiger partial charge in [0.25, 0.3) is 5.91 Å². The number of primary sulfonamides is 1. The zero-order valence-corrected chi connectivity index (χ0v) is 26.7. The molecule has 0 spiro atoms. The van der Waals surface area contributed by atoms with Crippen LogP contribution in [-0.4, -0.2) is 72.7 Å². The Labute approximate surface area is 264 Å². The number of rotatable bonds is 13. The molecule has 6 N–H and O–H groups in total. The lowest BCUT2D eigenvalue weighted by atomic mass is 9.84. The van der Waals surface area contributed by atoms with E-state index >= 15 is 0 Å². The molecule has 0 aliphatic heterocycles. The fourth-order valence-corrected chi connectivity index (χ4v) is 5.86. The van der Waals surface area contributed by atoms with Crippen LogP contribution in [0, 0.1) is 5.41 Å². The molecule has 0 radical (unpaired) electrons. The Kier molecular flexibility index (Phi) is 11.9. The molecule has 3 rings (SSSR count). The first kappa shape index (κ1) is 35.2. The number of carbonyl (C=O) groups excluding carboxylic acids is 2. The van der Waals surface area contributed by atoms with Gasteiger partial charge in [-0.3, -0.25) is 14.5 Å². The number of likely N-dealkylation sites (N-methyl/N-ethyl adjacent to an activating group) is 1. The highest BCUT2D eigenvalue weighted by Crippen LogP contribution is 2.25. The minimum Gasteiger partial charge on any atom is -0.465 e. The van der Waals surface area contributed by atoms with Gasteiger partial charge in [-0.05, 0) is 54.0 Å². The maximum Gasteiger partial charge on any atom is 0.407 e. The van der Waals surface area contributed by atoms with E-state index in [-0.39, 0.29) is 23.3 Å². The van der Waals surface area contributed by atoms with Crippen LogP contribution in [0.15, 0.2) is 89.8 Å². The number of aliphatic hydroxyl groups is 1. The summed E-state index contributed by atoms with van der Waals surface area (Å²) in [6.07, 6.45) is -1.85. The van der Waals surface area contributed by atoms with Crippen molar-refractivity contribution in [2.45, 2.75) is 69.2 Å². The molecule has 3 amide bonds. The van der Waals surface area contributed by atoms with Crippen LogP contribution < -0.4 is 15.8 Å². The van der Waals surface area contributed by atoms with Gasteiger partial charge >= 0.3 is 6.09 Å². The number of aliphatic hydroxyl groups excluding tert-OH is 1. The number of nitrogens with two attached hydrogens (primary N) is 1. The van der Waals surface area contributed by atoms with E-state index in [4.69, 9.17) is 5.14 Å². The number of amides is 3. The molecule has 0 fully saturated rings. The monoisotopic (exact) mass is 638 g/mol. The summed E-state index contributed by atoms with van der Waals surface area (Å²) in [6.45, 7) is 5.28. The number of sulfonamides is 1. The maximum absolute atomic E-state index is 13.6. The number of hydrogen-bond acceptors (Lipinski definition) is 6. The fourth-order valence-electron chi connectivity index (χ4n) is 5.30. The van der Waals surface area contributed by atoms with Gasteiger partial charge in [0, 0.05) is 18.7 Å². The molecule has 0 aliphatic rings. The number of nitrogens with one attached hydrogen (secondary N) is 2. The summed E-state index contributed by atoms with van der Waals surface area (Å²) in [7, 11) is -2.71. The van der Waals surface area contributed by atoms with Gasteiger partial charge < -0.3 is 20.8 Å². The highest BCUT2D eigenvalue weighted by molar-refractivity contribution is 7.89. The second-order valence-electron chi connectivity index (χ2n) is 12.2. The Balaban J connectivity index is 1.92. The lowest BCUT2D eigenvalue weighted by molar-refractivity contribution is -0.130. The molecule has 0 aliphatic carbocycles. The third-order valence-electron chi connectivity index (χ3n) is 7.46. The summed E-state index contributed by atoms with van der Waals surface area (Å²) in [4.78, 5) is 39.5. The molecular weight excluding hydrogens is 596 g/mol. The summed E-state index contributed by atoms with van der Waals surface area (Å²) in [5, 5.41) is 32.4. The zero-order valence-electron chi connectivity index (χ0n) is 25.9. The van der Waals surface area contributed by atoms with Crippen LogP contribution in [0.5, 0.6) is 0 Å². The van der Waals surface area contributed by atoms with Crippen molar-refractivity contribution < 1.29 is 33.0 Å². The van der Waals surface area contributed by atoms with Gasteiger partial charge in [-0.25, -0.2) is 18.4 Å². The van der Waals surface area contributed by atoms with E-state index in [0.717, 1.165) is 16.0 Å². The summed E-state index contributed by atoms with van der Waals surface area (Å²) in [5.41, 5.74) is 1.04. The Morgan fingerprint density at radius 3 is 1.93 bits per heavy atom. The SMILES string of the molecule is CN(C(=O)O)[C@H](C(=O)N[C@@H](Cc1ccccc1)[C@H](O)C[C@H](Cc1ccccc1)NC(=O)c1cccc(S(N)(=O)=O)c1)C(C)(C)C. The molecule has 242 valence electrons.